The van der Waals surface area contributed by atoms with E-state index in [-0.39, 0.29) is 17.5 Å². The lowest BCUT2D eigenvalue weighted by atomic mass is 9.98. The molecule has 1 fully saturated rings. The molecule has 1 aliphatic rings. The van der Waals surface area contributed by atoms with Gasteiger partial charge in [0.15, 0.2) is 0 Å². The molecule has 1 aliphatic carbocycles. The van der Waals surface area contributed by atoms with E-state index >= 15 is 0 Å². The minimum Gasteiger partial charge on any atom is -0.382 e. The molecule has 2 rings (SSSR count). The van der Waals surface area contributed by atoms with E-state index < -0.39 is 0 Å². The molecule has 0 bridgehead atoms. The van der Waals surface area contributed by atoms with E-state index in [1.807, 2.05) is 19.2 Å². The Bertz CT molecular complexity index is 397. The Kier molecular flexibility index (Phi) is 4.58. The van der Waals surface area contributed by atoms with E-state index in [2.05, 4.69) is 10.4 Å². The number of amides is 1. The molecule has 1 aromatic rings. The van der Waals surface area contributed by atoms with Crippen molar-refractivity contribution in [1.29, 1.82) is 0 Å². The molecule has 1 aromatic heterocycles. The predicted molar refractivity (Wildman–Crippen MR) is 72.8 cm³/mol. The van der Waals surface area contributed by atoms with Crippen LogP contribution in [-0.4, -0.2) is 34.9 Å². The Morgan fingerprint density at radius 1 is 1.53 bits per heavy atom. The minimum absolute atomic E-state index is 0.0464. The van der Waals surface area contributed by atoms with Crippen molar-refractivity contribution in [1.82, 2.24) is 15.1 Å². The molecule has 1 N–H and O–H groups in total. The number of hydrogen-bond acceptors (Lipinski definition) is 3. The predicted octanol–water partition coefficient (Wildman–Crippen LogP) is 1.91. The van der Waals surface area contributed by atoms with Crippen molar-refractivity contribution in [2.24, 2.45) is 0 Å². The van der Waals surface area contributed by atoms with Gasteiger partial charge in [0.25, 0.3) is 0 Å². The molecule has 106 valence electrons. The van der Waals surface area contributed by atoms with Crippen LogP contribution in [0.2, 0.25) is 0 Å². The third-order valence-corrected chi connectivity index (χ3v) is 3.90. The number of carbonyl (C=O) groups excluding carboxylic acids is 1. The van der Waals surface area contributed by atoms with Crippen molar-refractivity contribution < 1.29 is 9.53 Å². The molecule has 1 amide bonds. The fourth-order valence-electron chi connectivity index (χ4n) is 2.94. The van der Waals surface area contributed by atoms with E-state index in [0.717, 1.165) is 32.1 Å². The molecule has 1 atom stereocenters. The van der Waals surface area contributed by atoms with Gasteiger partial charge in [0, 0.05) is 19.5 Å². The van der Waals surface area contributed by atoms with Gasteiger partial charge < -0.3 is 10.1 Å². The van der Waals surface area contributed by atoms with Crippen LogP contribution in [0.15, 0.2) is 18.5 Å². The first-order chi connectivity index (χ1) is 9.21. The van der Waals surface area contributed by atoms with Crippen LogP contribution >= 0.6 is 0 Å². The number of ether oxygens (including phenoxy) is 1. The van der Waals surface area contributed by atoms with Gasteiger partial charge in [0.05, 0.1) is 12.1 Å². The van der Waals surface area contributed by atoms with E-state index in [4.69, 9.17) is 4.74 Å². The number of aromatic nitrogens is 2. The van der Waals surface area contributed by atoms with Crippen LogP contribution in [0, 0.1) is 0 Å². The van der Waals surface area contributed by atoms with Gasteiger partial charge in [-0.25, -0.2) is 0 Å². The van der Waals surface area contributed by atoms with Crippen molar-refractivity contribution in [2.45, 2.75) is 50.6 Å². The summed E-state index contributed by atoms with van der Waals surface area (Å²) in [7, 11) is 1.69. The van der Waals surface area contributed by atoms with E-state index in [9.17, 15) is 4.79 Å². The Hall–Kier alpha value is -1.36. The van der Waals surface area contributed by atoms with Gasteiger partial charge in [0.1, 0.15) is 6.04 Å². The normalized spacial score (nSPS) is 19.3. The lowest BCUT2D eigenvalue weighted by molar-refractivity contribution is -0.127. The minimum atomic E-state index is -0.232. The highest BCUT2D eigenvalue weighted by Gasteiger charge is 2.37. The van der Waals surface area contributed by atoms with E-state index in [1.165, 1.54) is 0 Å². The topological polar surface area (TPSA) is 56.1 Å². The second-order valence-electron chi connectivity index (χ2n) is 5.32. The highest BCUT2D eigenvalue weighted by molar-refractivity contribution is 5.81. The molecule has 1 saturated carbocycles. The third-order valence-electron chi connectivity index (χ3n) is 3.90. The maximum absolute atomic E-state index is 12.5. The van der Waals surface area contributed by atoms with Crippen LogP contribution in [0.1, 0.15) is 45.1 Å². The summed E-state index contributed by atoms with van der Waals surface area (Å²) in [6, 6.07) is 1.61. The monoisotopic (exact) mass is 265 g/mol. The number of rotatable bonds is 6. The third kappa shape index (κ3) is 3.15. The molecule has 1 heterocycles. The summed E-state index contributed by atoms with van der Waals surface area (Å²) in [6.45, 7) is 2.60. The number of carbonyl (C=O) groups is 1. The second-order valence-corrected chi connectivity index (χ2v) is 5.32. The number of methoxy groups -OCH3 is 1. The fraction of sp³-hybridized carbons (Fsp3) is 0.714. The summed E-state index contributed by atoms with van der Waals surface area (Å²) in [6.07, 6.45) is 8.59. The first-order valence-corrected chi connectivity index (χ1v) is 7.01. The van der Waals surface area contributed by atoms with Crippen molar-refractivity contribution >= 4 is 5.91 Å². The van der Waals surface area contributed by atoms with Gasteiger partial charge in [-0.1, -0.05) is 19.8 Å². The Balaban J connectivity index is 2.06. The summed E-state index contributed by atoms with van der Waals surface area (Å²) in [5.74, 6) is 0.0464. The smallest absolute Gasteiger partial charge is 0.245 e. The van der Waals surface area contributed by atoms with Crippen LogP contribution < -0.4 is 5.32 Å². The zero-order valence-corrected chi connectivity index (χ0v) is 11.8. The lowest BCUT2D eigenvalue weighted by Crippen LogP contribution is -2.51. The average molecular weight is 265 g/mol. The maximum atomic E-state index is 12.5. The summed E-state index contributed by atoms with van der Waals surface area (Å²) in [5.41, 5.74) is -0.174. The van der Waals surface area contributed by atoms with Gasteiger partial charge in [-0.2, -0.15) is 5.10 Å². The van der Waals surface area contributed by atoms with Crippen LogP contribution in [0.25, 0.3) is 0 Å². The first kappa shape index (κ1) is 14.1. The fourth-order valence-corrected chi connectivity index (χ4v) is 2.94. The van der Waals surface area contributed by atoms with Crippen LogP contribution in [0.5, 0.6) is 0 Å². The zero-order valence-electron chi connectivity index (χ0n) is 11.8. The Morgan fingerprint density at radius 2 is 2.26 bits per heavy atom. The molecule has 0 aliphatic heterocycles. The molecular formula is C14H23N3O2. The second kappa shape index (κ2) is 6.19. The van der Waals surface area contributed by atoms with Gasteiger partial charge >= 0.3 is 0 Å². The standard InChI is InChI=1S/C14H23N3O2/c1-3-12(17-10-6-9-15-17)13(18)16-14(11-19-2)7-4-5-8-14/h6,9-10,12H,3-5,7-8,11H2,1-2H3,(H,16,18)/t12-/m0/s1. The number of nitrogens with one attached hydrogen (secondary N) is 1. The van der Waals surface area contributed by atoms with E-state index in [0.29, 0.717) is 6.61 Å². The molecule has 5 heteroatoms. The largest absolute Gasteiger partial charge is 0.382 e. The van der Waals surface area contributed by atoms with Gasteiger partial charge in [-0.05, 0) is 25.3 Å². The molecule has 0 spiro atoms. The molecule has 0 aromatic carbocycles. The van der Waals surface area contributed by atoms with Crippen LogP contribution in [0.4, 0.5) is 0 Å². The maximum Gasteiger partial charge on any atom is 0.245 e. The van der Waals surface area contributed by atoms with Gasteiger partial charge in [-0.15, -0.1) is 0 Å². The van der Waals surface area contributed by atoms with Crippen molar-refractivity contribution in [3.8, 4) is 0 Å². The molecule has 0 unspecified atom stereocenters. The zero-order chi connectivity index (χ0) is 13.7. The highest BCUT2D eigenvalue weighted by atomic mass is 16.5. The first-order valence-electron chi connectivity index (χ1n) is 7.01. The molecule has 19 heavy (non-hydrogen) atoms. The van der Waals surface area contributed by atoms with Crippen molar-refractivity contribution in [3.05, 3.63) is 18.5 Å². The summed E-state index contributed by atoms with van der Waals surface area (Å²) in [4.78, 5) is 12.5. The van der Waals surface area contributed by atoms with Crippen LogP contribution in [-0.2, 0) is 9.53 Å². The van der Waals surface area contributed by atoms with Crippen molar-refractivity contribution in [3.63, 3.8) is 0 Å². The average Bonchev–Trinajstić information content (AvgIpc) is 3.03. The van der Waals surface area contributed by atoms with E-state index in [1.54, 1.807) is 18.0 Å². The lowest BCUT2D eigenvalue weighted by Gasteiger charge is -2.31. The molecule has 0 saturated heterocycles. The molecule has 0 radical (unpaired) electrons. The van der Waals surface area contributed by atoms with Gasteiger partial charge in [0.2, 0.25) is 5.91 Å². The summed E-state index contributed by atoms with van der Waals surface area (Å²) < 4.78 is 7.02. The van der Waals surface area contributed by atoms with Crippen molar-refractivity contribution in [2.75, 3.05) is 13.7 Å². The number of hydrogen-bond donors (Lipinski definition) is 1. The van der Waals surface area contributed by atoms with Gasteiger partial charge in [-0.3, -0.25) is 9.48 Å². The summed E-state index contributed by atoms with van der Waals surface area (Å²) in [5, 5.41) is 7.38. The quantitative estimate of drug-likeness (QED) is 0.855. The Morgan fingerprint density at radius 3 is 2.79 bits per heavy atom. The highest BCUT2D eigenvalue weighted by Crippen LogP contribution is 2.30. The SMILES string of the molecule is CC[C@@H](C(=O)NC1(COC)CCCC1)n1cccn1. The Labute approximate surface area is 114 Å². The van der Waals surface area contributed by atoms with Crippen LogP contribution in [0.3, 0.4) is 0 Å². The molecular weight excluding hydrogens is 242 g/mol. The summed E-state index contributed by atoms with van der Waals surface area (Å²) >= 11 is 0. The molecule has 5 nitrogen and oxygen atoms in total. The number of nitrogens with zero attached hydrogens (tertiary/aromatic N) is 2.